The summed E-state index contributed by atoms with van der Waals surface area (Å²) in [6.45, 7) is 1.83. The van der Waals surface area contributed by atoms with Crippen molar-refractivity contribution in [3.05, 3.63) is 29.8 Å². The number of rotatable bonds is 2. The second-order valence-corrected chi connectivity index (χ2v) is 3.54. The zero-order chi connectivity index (χ0) is 9.19. The Bertz CT molecular complexity index is 377. The Morgan fingerprint density at radius 3 is 2.46 bits per heavy atom. The molecule has 0 saturated heterocycles. The molecule has 1 rings (SSSR count). The van der Waals surface area contributed by atoms with Crippen LogP contribution in [0.5, 0.6) is 5.75 Å². The molecule has 0 spiro atoms. The first-order chi connectivity index (χ1) is 5.47. The van der Waals surface area contributed by atoms with Crippen molar-refractivity contribution in [2.45, 2.75) is 6.92 Å². The molecule has 0 unspecified atom stereocenters. The summed E-state index contributed by atoms with van der Waals surface area (Å²) >= 11 is 0. The quantitative estimate of drug-likeness (QED) is 0.696. The van der Waals surface area contributed by atoms with Gasteiger partial charge in [-0.25, -0.2) is 0 Å². The Labute approximate surface area is 99.6 Å². The third kappa shape index (κ3) is 5.28. The van der Waals surface area contributed by atoms with Gasteiger partial charge in [0.2, 0.25) is 0 Å². The SMILES string of the molecule is Cc1cccc(OS(N)(=O)=O)c1.[NaH]. The van der Waals surface area contributed by atoms with E-state index in [-0.39, 0.29) is 35.3 Å². The van der Waals surface area contributed by atoms with Gasteiger partial charge in [0.1, 0.15) is 5.75 Å². The predicted octanol–water partition coefficient (Wildman–Crippen LogP) is -0.0712. The molecule has 0 amide bonds. The van der Waals surface area contributed by atoms with Gasteiger partial charge in [0.25, 0.3) is 0 Å². The Morgan fingerprint density at radius 1 is 1.38 bits per heavy atom. The number of aryl methyl sites for hydroxylation is 1. The average molecular weight is 211 g/mol. The van der Waals surface area contributed by atoms with Crippen molar-refractivity contribution in [2.24, 2.45) is 5.14 Å². The van der Waals surface area contributed by atoms with Crippen molar-refractivity contribution < 1.29 is 12.6 Å². The van der Waals surface area contributed by atoms with Gasteiger partial charge in [-0.1, -0.05) is 12.1 Å². The molecule has 0 aliphatic rings. The van der Waals surface area contributed by atoms with Crippen LogP contribution < -0.4 is 9.32 Å². The van der Waals surface area contributed by atoms with E-state index < -0.39 is 10.3 Å². The van der Waals surface area contributed by atoms with Crippen molar-refractivity contribution in [3.63, 3.8) is 0 Å². The fraction of sp³-hybridized carbons (Fsp3) is 0.143. The molecule has 0 atom stereocenters. The van der Waals surface area contributed by atoms with E-state index in [1.807, 2.05) is 13.0 Å². The Kier molecular flexibility index (Phi) is 4.95. The maximum absolute atomic E-state index is 10.5. The minimum atomic E-state index is -3.89. The van der Waals surface area contributed by atoms with Crippen LogP contribution >= 0.6 is 0 Å². The minimum absolute atomic E-state index is 0. The summed E-state index contributed by atoms with van der Waals surface area (Å²) < 4.78 is 25.4. The van der Waals surface area contributed by atoms with Gasteiger partial charge < -0.3 is 4.18 Å². The summed E-state index contributed by atoms with van der Waals surface area (Å²) in [5.74, 6) is 0.234. The molecule has 1 aromatic rings. The van der Waals surface area contributed by atoms with Crippen molar-refractivity contribution in [2.75, 3.05) is 0 Å². The Hall–Kier alpha value is -0.0700. The van der Waals surface area contributed by atoms with Crippen LogP contribution in [0.15, 0.2) is 24.3 Å². The van der Waals surface area contributed by atoms with Crippen molar-refractivity contribution in [1.82, 2.24) is 0 Å². The molecule has 0 aliphatic heterocycles. The number of nitrogens with two attached hydrogens (primary N) is 1. The van der Waals surface area contributed by atoms with Crippen molar-refractivity contribution in [3.8, 4) is 5.75 Å². The molecule has 0 radical (unpaired) electrons. The van der Waals surface area contributed by atoms with E-state index in [9.17, 15) is 8.42 Å². The summed E-state index contributed by atoms with van der Waals surface area (Å²) in [6.07, 6.45) is 0. The topological polar surface area (TPSA) is 69.4 Å². The molecule has 68 valence electrons. The van der Waals surface area contributed by atoms with Crippen LogP contribution in [-0.2, 0) is 10.3 Å². The Balaban J connectivity index is 0.00000144. The van der Waals surface area contributed by atoms with Crippen LogP contribution in [0, 0.1) is 6.92 Å². The maximum atomic E-state index is 10.5. The molecule has 2 N–H and O–H groups in total. The zero-order valence-electron chi connectivity index (χ0n) is 6.52. The molecule has 0 saturated carbocycles. The standard InChI is InChI=1S/C7H9NO3S.Na.H/c1-6-3-2-4-7(5-6)11-12(8,9)10;;/h2-5H,1H3,(H2,8,9,10);;. The van der Waals surface area contributed by atoms with Gasteiger partial charge in [-0.2, -0.15) is 13.6 Å². The third-order valence-corrected chi connectivity index (χ3v) is 1.63. The van der Waals surface area contributed by atoms with Gasteiger partial charge in [0.05, 0.1) is 0 Å². The van der Waals surface area contributed by atoms with E-state index >= 15 is 0 Å². The predicted molar refractivity (Wildman–Crippen MR) is 52.1 cm³/mol. The van der Waals surface area contributed by atoms with Gasteiger partial charge in [-0.15, -0.1) is 0 Å². The molecule has 1 aromatic carbocycles. The first-order valence-corrected chi connectivity index (χ1v) is 4.73. The normalized spacial score (nSPS) is 10.3. The summed E-state index contributed by atoms with van der Waals surface area (Å²) in [5.41, 5.74) is 0.913. The Morgan fingerprint density at radius 2 is 2.00 bits per heavy atom. The molecule has 6 heteroatoms. The number of hydrogen-bond donors (Lipinski definition) is 1. The molecule has 13 heavy (non-hydrogen) atoms. The number of hydrogen-bond acceptors (Lipinski definition) is 3. The molecule has 0 heterocycles. The molecule has 0 bridgehead atoms. The second-order valence-electron chi connectivity index (χ2n) is 2.39. The van der Waals surface area contributed by atoms with E-state index in [2.05, 4.69) is 9.32 Å². The number of benzene rings is 1. The molecule has 0 aromatic heterocycles. The zero-order valence-corrected chi connectivity index (χ0v) is 7.34. The van der Waals surface area contributed by atoms with Crippen molar-refractivity contribution in [1.29, 1.82) is 0 Å². The van der Waals surface area contributed by atoms with E-state index in [1.165, 1.54) is 6.07 Å². The summed E-state index contributed by atoms with van der Waals surface area (Å²) in [6, 6.07) is 6.63. The van der Waals surface area contributed by atoms with Gasteiger partial charge in [-0.05, 0) is 24.6 Å². The third-order valence-electron chi connectivity index (χ3n) is 1.20. The van der Waals surface area contributed by atoms with Crippen LogP contribution in [0.25, 0.3) is 0 Å². The van der Waals surface area contributed by atoms with Gasteiger partial charge in [0.15, 0.2) is 0 Å². The van der Waals surface area contributed by atoms with E-state index in [0.29, 0.717) is 0 Å². The monoisotopic (exact) mass is 211 g/mol. The molecular weight excluding hydrogens is 201 g/mol. The van der Waals surface area contributed by atoms with E-state index in [1.54, 1.807) is 12.1 Å². The first-order valence-electron chi connectivity index (χ1n) is 3.26. The fourth-order valence-electron chi connectivity index (χ4n) is 0.801. The summed E-state index contributed by atoms with van der Waals surface area (Å²) in [7, 11) is -3.89. The van der Waals surface area contributed by atoms with Crippen LogP contribution in [-0.4, -0.2) is 38.0 Å². The summed E-state index contributed by atoms with van der Waals surface area (Å²) in [4.78, 5) is 0. The molecule has 4 nitrogen and oxygen atoms in total. The summed E-state index contributed by atoms with van der Waals surface area (Å²) in [5, 5.41) is 4.67. The molecular formula is C7H10NNaO3S. The molecule has 0 fully saturated rings. The molecule has 0 aliphatic carbocycles. The van der Waals surface area contributed by atoms with E-state index in [0.717, 1.165) is 5.56 Å². The van der Waals surface area contributed by atoms with Crippen LogP contribution in [0.2, 0.25) is 0 Å². The van der Waals surface area contributed by atoms with E-state index in [4.69, 9.17) is 0 Å². The van der Waals surface area contributed by atoms with Crippen LogP contribution in [0.3, 0.4) is 0 Å². The van der Waals surface area contributed by atoms with Gasteiger partial charge >= 0.3 is 39.9 Å². The second kappa shape index (κ2) is 4.97. The van der Waals surface area contributed by atoms with Crippen LogP contribution in [0.1, 0.15) is 5.56 Å². The van der Waals surface area contributed by atoms with Gasteiger partial charge in [-0.3, -0.25) is 0 Å². The fourth-order valence-corrected chi connectivity index (χ4v) is 1.17. The van der Waals surface area contributed by atoms with Crippen molar-refractivity contribution >= 4 is 39.9 Å². The van der Waals surface area contributed by atoms with Gasteiger partial charge in [0, 0.05) is 0 Å². The average Bonchev–Trinajstić information content (AvgIpc) is 1.82. The first kappa shape index (κ1) is 12.9. The van der Waals surface area contributed by atoms with Crippen LogP contribution in [0.4, 0.5) is 0 Å².